The van der Waals surface area contributed by atoms with Crippen molar-refractivity contribution in [2.75, 3.05) is 13.2 Å². The summed E-state index contributed by atoms with van der Waals surface area (Å²) in [6, 6.07) is 10.1. The third-order valence-corrected chi connectivity index (χ3v) is 4.56. The predicted molar refractivity (Wildman–Crippen MR) is 74.8 cm³/mol. The molecule has 0 saturated carbocycles. The van der Waals surface area contributed by atoms with E-state index < -0.39 is 0 Å². The molecule has 0 bridgehead atoms. The van der Waals surface area contributed by atoms with Crippen molar-refractivity contribution in [3.63, 3.8) is 0 Å². The molecule has 4 rings (SSSR count). The van der Waals surface area contributed by atoms with Gasteiger partial charge in [-0.15, -0.1) is 0 Å². The molecule has 3 fully saturated rings. The number of epoxide rings is 1. The van der Waals surface area contributed by atoms with Crippen LogP contribution in [-0.4, -0.2) is 48.5 Å². The quantitative estimate of drug-likeness (QED) is 0.798. The lowest BCUT2D eigenvalue weighted by Gasteiger charge is -2.30. The molecule has 21 heavy (non-hydrogen) atoms. The van der Waals surface area contributed by atoms with Crippen LogP contribution < -0.4 is 0 Å². The van der Waals surface area contributed by atoms with E-state index in [2.05, 4.69) is 0 Å². The molecule has 0 unspecified atom stereocenters. The fraction of sp³-hybridized carbons (Fsp3) is 0.562. The minimum Gasteiger partial charge on any atom is -0.447 e. The molecule has 3 aliphatic rings. The second-order valence-electron chi connectivity index (χ2n) is 5.91. The van der Waals surface area contributed by atoms with Gasteiger partial charge in [-0.2, -0.15) is 0 Å². The van der Waals surface area contributed by atoms with Gasteiger partial charge in [-0.25, -0.2) is 4.79 Å². The van der Waals surface area contributed by atoms with Crippen molar-refractivity contribution in [3.05, 3.63) is 35.9 Å². The zero-order valence-electron chi connectivity index (χ0n) is 11.8. The average molecular weight is 289 g/mol. The van der Waals surface area contributed by atoms with Gasteiger partial charge in [-0.05, 0) is 12.0 Å². The van der Waals surface area contributed by atoms with Crippen LogP contribution in [0.2, 0.25) is 0 Å². The summed E-state index contributed by atoms with van der Waals surface area (Å²) in [5.41, 5.74) is 1.14. The number of carbonyl (C=O) groups is 1. The molecular weight excluding hydrogens is 270 g/mol. The van der Waals surface area contributed by atoms with Gasteiger partial charge in [-0.3, -0.25) is 4.90 Å². The summed E-state index contributed by atoms with van der Waals surface area (Å²) in [4.78, 5) is 13.6. The number of benzene rings is 1. The number of carbonyl (C=O) groups excluding carboxylic acids is 1. The highest BCUT2D eigenvalue weighted by Crippen LogP contribution is 2.36. The number of nitrogens with zero attached hydrogens (tertiary/aromatic N) is 1. The summed E-state index contributed by atoms with van der Waals surface area (Å²) < 4.78 is 17.0. The second-order valence-corrected chi connectivity index (χ2v) is 5.91. The highest BCUT2D eigenvalue weighted by molar-refractivity contribution is 5.70. The van der Waals surface area contributed by atoms with Crippen LogP contribution in [0.1, 0.15) is 18.4 Å². The first-order valence-corrected chi connectivity index (χ1v) is 7.55. The third-order valence-electron chi connectivity index (χ3n) is 4.56. The molecule has 0 aliphatic carbocycles. The normalized spacial score (nSPS) is 34.5. The van der Waals surface area contributed by atoms with Gasteiger partial charge < -0.3 is 14.2 Å². The molecule has 3 saturated heterocycles. The van der Waals surface area contributed by atoms with Gasteiger partial charge in [0.1, 0.15) is 6.61 Å². The minimum atomic E-state index is -0.215. The first-order chi connectivity index (χ1) is 10.3. The van der Waals surface area contributed by atoms with Crippen LogP contribution in [0.3, 0.4) is 0 Å². The van der Waals surface area contributed by atoms with Gasteiger partial charge in [0, 0.05) is 13.0 Å². The van der Waals surface area contributed by atoms with Crippen LogP contribution in [0.15, 0.2) is 30.3 Å². The smallest absolute Gasteiger partial charge is 0.410 e. The van der Waals surface area contributed by atoms with E-state index in [9.17, 15) is 4.79 Å². The van der Waals surface area contributed by atoms with Crippen LogP contribution >= 0.6 is 0 Å². The van der Waals surface area contributed by atoms with Crippen molar-refractivity contribution >= 4 is 6.09 Å². The van der Waals surface area contributed by atoms with E-state index in [-0.39, 0.29) is 18.2 Å². The Balaban J connectivity index is 1.46. The molecule has 0 radical (unpaired) electrons. The Labute approximate surface area is 123 Å². The standard InChI is InChI=1S/C16H19NO4/c18-16-17-7-6-13-15(21-13)8-14(12(17)10-20-16)19-9-11-4-2-1-3-5-11/h1-5,12-15H,6-10H2/t12-,13+,14+,15-/m0/s1. The average Bonchev–Trinajstić information content (AvgIpc) is 3.12. The zero-order valence-corrected chi connectivity index (χ0v) is 11.8. The van der Waals surface area contributed by atoms with Crippen molar-refractivity contribution in [2.45, 2.75) is 43.8 Å². The number of hydrogen-bond acceptors (Lipinski definition) is 4. The molecule has 3 heterocycles. The van der Waals surface area contributed by atoms with Gasteiger partial charge in [-0.1, -0.05) is 30.3 Å². The van der Waals surface area contributed by atoms with E-state index in [1.54, 1.807) is 0 Å². The highest BCUT2D eigenvalue weighted by atomic mass is 16.6. The van der Waals surface area contributed by atoms with Crippen LogP contribution in [-0.2, 0) is 20.8 Å². The summed E-state index contributed by atoms with van der Waals surface area (Å²) in [7, 11) is 0. The van der Waals surface area contributed by atoms with Crippen molar-refractivity contribution in [3.8, 4) is 0 Å². The van der Waals surface area contributed by atoms with Gasteiger partial charge in [0.05, 0.1) is 31.0 Å². The van der Waals surface area contributed by atoms with Crippen molar-refractivity contribution in [2.24, 2.45) is 0 Å². The lowest BCUT2D eigenvalue weighted by atomic mass is 10.00. The van der Waals surface area contributed by atoms with Gasteiger partial charge >= 0.3 is 6.09 Å². The van der Waals surface area contributed by atoms with E-state index in [0.717, 1.165) is 18.4 Å². The number of rotatable bonds is 3. The molecule has 1 aromatic carbocycles. The SMILES string of the molecule is O=C1OC[C@H]2[C@H](OCc3ccccc3)C[C@@H]3O[C@@H]3CCN12. The lowest BCUT2D eigenvalue weighted by molar-refractivity contribution is -0.0146. The Kier molecular flexibility index (Phi) is 3.31. The Morgan fingerprint density at radius 1 is 1.24 bits per heavy atom. The summed E-state index contributed by atoms with van der Waals surface area (Å²) in [6.45, 7) is 1.69. The number of fused-ring (bicyclic) bond motifs is 2. The Morgan fingerprint density at radius 3 is 2.95 bits per heavy atom. The van der Waals surface area contributed by atoms with Crippen molar-refractivity contribution in [1.29, 1.82) is 0 Å². The van der Waals surface area contributed by atoms with E-state index in [1.807, 2.05) is 35.2 Å². The minimum absolute atomic E-state index is 0.0198. The number of hydrogen-bond donors (Lipinski definition) is 0. The molecular formula is C16H19NO4. The van der Waals surface area contributed by atoms with Crippen molar-refractivity contribution < 1.29 is 19.0 Å². The molecule has 0 aromatic heterocycles. The molecule has 5 heteroatoms. The summed E-state index contributed by atoms with van der Waals surface area (Å²) in [5.74, 6) is 0. The van der Waals surface area contributed by atoms with Crippen LogP contribution in [0.25, 0.3) is 0 Å². The summed E-state index contributed by atoms with van der Waals surface area (Å²) in [5, 5.41) is 0. The first kappa shape index (κ1) is 13.1. The summed E-state index contributed by atoms with van der Waals surface area (Å²) >= 11 is 0. The van der Waals surface area contributed by atoms with E-state index >= 15 is 0 Å². The first-order valence-electron chi connectivity index (χ1n) is 7.55. The van der Waals surface area contributed by atoms with E-state index in [1.165, 1.54) is 0 Å². The third kappa shape index (κ3) is 2.63. The Morgan fingerprint density at radius 2 is 2.10 bits per heavy atom. The molecule has 1 amide bonds. The molecule has 3 aliphatic heterocycles. The van der Waals surface area contributed by atoms with Crippen molar-refractivity contribution in [1.82, 2.24) is 4.90 Å². The molecule has 1 aromatic rings. The summed E-state index contributed by atoms with van der Waals surface area (Å²) in [6.07, 6.45) is 2.10. The lowest BCUT2D eigenvalue weighted by Crippen LogP contribution is -2.46. The Bertz CT molecular complexity index is 520. The van der Waals surface area contributed by atoms with Crippen LogP contribution in [0, 0.1) is 0 Å². The number of ether oxygens (including phenoxy) is 3. The number of amides is 1. The van der Waals surface area contributed by atoms with Gasteiger partial charge in [0.25, 0.3) is 0 Å². The molecule has 112 valence electrons. The Hall–Kier alpha value is -1.59. The monoisotopic (exact) mass is 289 g/mol. The maximum Gasteiger partial charge on any atom is 0.410 e. The topological polar surface area (TPSA) is 51.3 Å². The van der Waals surface area contributed by atoms with E-state index in [4.69, 9.17) is 14.2 Å². The van der Waals surface area contributed by atoms with Crippen LogP contribution in [0.5, 0.6) is 0 Å². The molecule has 5 nitrogen and oxygen atoms in total. The molecule has 0 N–H and O–H groups in total. The fourth-order valence-electron chi connectivity index (χ4n) is 3.28. The maximum absolute atomic E-state index is 11.8. The molecule has 4 atom stereocenters. The van der Waals surface area contributed by atoms with E-state index in [0.29, 0.717) is 32.0 Å². The van der Waals surface area contributed by atoms with Gasteiger partial charge in [0.2, 0.25) is 0 Å². The maximum atomic E-state index is 11.8. The molecule has 0 spiro atoms. The second kappa shape index (κ2) is 5.31. The highest BCUT2D eigenvalue weighted by Gasteiger charge is 2.49. The fourth-order valence-corrected chi connectivity index (χ4v) is 3.28. The largest absolute Gasteiger partial charge is 0.447 e. The predicted octanol–water partition coefficient (Wildman–Crippen LogP) is 1.95. The van der Waals surface area contributed by atoms with Crippen LogP contribution in [0.4, 0.5) is 4.79 Å². The number of cyclic esters (lactones) is 1. The van der Waals surface area contributed by atoms with Gasteiger partial charge in [0.15, 0.2) is 0 Å². The zero-order chi connectivity index (χ0) is 14.2.